The van der Waals surface area contributed by atoms with Crippen LogP contribution in [0.4, 0.5) is 20.2 Å². The molecular formula is C19H19F2N3O4. The van der Waals surface area contributed by atoms with Crippen LogP contribution in [0.2, 0.25) is 0 Å². The smallest absolute Gasteiger partial charge is 0.257 e. The minimum atomic E-state index is -1.25. The van der Waals surface area contributed by atoms with E-state index < -0.39 is 22.8 Å². The van der Waals surface area contributed by atoms with Crippen LogP contribution in [0, 0.1) is 16.8 Å². The SMILES string of the molecule is CC(=O)c1ccc(N2CCN(C(=O)c3cc([NH+]([O-])O)ccc3F)CC2)c(F)c1. The van der Waals surface area contributed by atoms with Crippen molar-refractivity contribution in [3.05, 3.63) is 64.4 Å². The fourth-order valence-corrected chi connectivity index (χ4v) is 3.13. The van der Waals surface area contributed by atoms with E-state index in [4.69, 9.17) is 5.21 Å². The highest BCUT2D eigenvalue weighted by Gasteiger charge is 2.26. The van der Waals surface area contributed by atoms with Crippen molar-refractivity contribution in [1.29, 1.82) is 0 Å². The van der Waals surface area contributed by atoms with Crippen molar-refractivity contribution in [3.63, 3.8) is 0 Å². The van der Waals surface area contributed by atoms with E-state index in [1.54, 1.807) is 11.0 Å². The zero-order valence-electron chi connectivity index (χ0n) is 15.1. The number of carbonyl (C=O) groups is 2. The summed E-state index contributed by atoms with van der Waals surface area (Å²) in [4.78, 5) is 27.1. The molecule has 0 radical (unpaired) electrons. The van der Waals surface area contributed by atoms with E-state index >= 15 is 0 Å². The molecular weight excluding hydrogens is 372 g/mol. The first-order chi connectivity index (χ1) is 13.3. The van der Waals surface area contributed by atoms with E-state index in [9.17, 15) is 23.6 Å². The first kappa shape index (κ1) is 19.9. The van der Waals surface area contributed by atoms with Gasteiger partial charge in [-0.15, -0.1) is 0 Å². The first-order valence-electron chi connectivity index (χ1n) is 8.65. The van der Waals surface area contributed by atoms with Gasteiger partial charge in [0, 0.05) is 43.9 Å². The molecule has 3 rings (SSSR count). The number of hydrogen-bond donors (Lipinski definition) is 2. The highest BCUT2D eigenvalue weighted by Crippen LogP contribution is 2.23. The molecule has 0 aliphatic carbocycles. The molecule has 2 N–H and O–H groups in total. The zero-order chi connectivity index (χ0) is 20.4. The van der Waals surface area contributed by atoms with Gasteiger partial charge in [-0.2, -0.15) is 5.23 Å². The number of rotatable bonds is 4. The van der Waals surface area contributed by atoms with Gasteiger partial charge in [-0.25, -0.2) is 14.0 Å². The minimum Gasteiger partial charge on any atom is -0.595 e. The summed E-state index contributed by atoms with van der Waals surface area (Å²) < 4.78 is 28.3. The van der Waals surface area contributed by atoms with Gasteiger partial charge in [0.05, 0.1) is 11.3 Å². The molecule has 2 aromatic rings. The number of Topliss-reactive ketones (excluding diaryl/α,β-unsaturated/α-hetero) is 1. The normalized spacial score (nSPS) is 15.5. The van der Waals surface area contributed by atoms with E-state index in [-0.39, 0.29) is 35.7 Å². The van der Waals surface area contributed by atoms with Crippen LogP contribution in [-0.4, -0.2) is 48.0 Å². The highest BCUT2D eigenvalue weighted by molar-refractivity contribution is 5.95. The van der Waals surface area contributed by atoms with Gasteiger partial charge >= 0.3 is 0 Å². The summed E-state index contributed by atoms with van der Waals surface area (Å²) >= 11 is 0. The molecule has 7 nitrogen and oxygen atoms in total. The Morgan fingerprint density at radius 1 is 1.04 bits per heavy atom. The zero-order valence-corrected chi connectivity index (χ0v) is 15.1. The van der Waals surface area contributed by atoms with E-state index in [0.717, 1.165) is 18.2 Å². The van der Waals surface area contributed by atoms with Crippen molar-refractivity contribution < 1.29 is 28.8 Å². The lowest BCUT2D eigenvalue weighted by Gasteiger charge is -2.36. The van der Waals surface area contributed by atoms with Gasteiger partial charge < -0.3 is 15.0 Å². The minimum absolute atomic E-state index is 0.170. The Hall–Kier alpha value is -2.88. The van der Waals surface area contributed by atoms with Crippen molar-refractivity contribution in [2.75, 3.05) is 31.1 Å². The molecule has 1 aliphatic heterocycles. The van der Waals surface area contributed by atoms with Crippen LogP contribution < -0.4 is 10.1 Å². The van der Waals surface area contributed by atoms with Gasteiger partial charge in [0.2, 0.25) is 0 Å². The van der Waals surface area contributed by atoms with Gasteiger partial charge in [-0.1, -0.05) is 0 Å². The van der Waals surface area contributed by atoms with Crippen molar-refractivity contribution in [2.45, 2.75) is 6.92 Å². The molecule has 1 aliphatic rings. The van der Waals surface area contributed by atoms with Crippen molar-refractivity contribution in [2.24, 2.45) is 0 Å². The lowest BCUT2D eigenvalue weighted by molar-refractivity contribution is -0.991. The van der Waals surface area contributed by atoms with Gasteiger partial charge in [-0.3, -0.25) is 9.59 Å². The lowest BCUT2D eigenvalue weighted by Crippen LogP contribution is -2.99. The molecule has 1 unspecified atom stereocenters. The Labute approximate surface area is 159 Å². The number of amides is 1. The second-order valence-corrected chi connectivity index (χ2v) is 6.50. The second-order valence-electron chi connectivity index (χ2n) is 6.50. The number of halogens is 2. The number of nitrogens with one attached hydrogen (secondary N) is 1. The third-order valence-electron chi connectivity index (χ3n) is 4.71. The van der Waals surface area contributed by atoms with Crippen LogP contribution in [0.1, 0.15) is 27.6 Å². The summed E-state index contributed by atoms with van der Waals surface area (Å²) in [6.45, 7) is 2.45. The van der Waals surface area contributed by atoms with E-state index in [0.29, 0.717) is 18.8 Å². The summed E-state index contributed by atoms with van der Waals surface area (Å²) in [6.07, 6.45) is 0. The predicted octanol–water partition coefficient (Wildman–Crippen LogP) is 1.53. The maximum atomic E-state index is 14.3. The summed E-state index contributed by atoms with van der Waals surface area (Å²) in [5.41, 5.74) is 0.140. The van der Waals surface area contributed by atoms with Crippen LogP contribution in [0.5, 0.6) is 0 Å². The quantitative estimate of drug-likeness (QED) is 0.610. The molecule has 28 heavy (non-hydrogen) atoms. The Morgan fingerprint density at radius 2 is 1.71 bits per heavy atom. The number of ketones is 1. The summed E-state index contributed by atoms with van der Waals surface area (Å²) in [5.74, 6) is -2.14. The van der Waals surface area contributed by atoms with E-state index in [1.165, 1.54) is 24.0 Å². The molecule has 1 atom stereocenters. The predicted molar refractivity (Wildman–Crippen MR) is 96.7 cm³/mol. The fraction of sp³-hybridized carbons (Fsp3) is 0.263. The van der Waals surface area contributed by atoms with Crippen LogP contribution in [-0.2, 0) is 0 Å². The Morgan fingerprint density at radius 3 is 2.29 bits per heavy atom. The molecule has 1 amide bonds. The number of hydrogen-bond acceptors (Lipinski definition) is 5. The van der Waals surface area contributed by atoms with Crippen molar-refractivity contribution >= 4 is 23.1 Å². The summed E-state index contributed by atoms with van der Waals surface area (Å²) in [5, 5.41) is 18.8. The number of carbonyl (C=O) groups excluding carboxylic acids is 2. The third-order valence-corrected chi connectivity index (χ3v) is 4.71. The van der Waals surface area contributed by atoms with Crippen LogP contribution in [0.3, 0.4) is 0 Å². The first-order valence-corrected chi connectivity index (χ1v) is 8.65. The van der Waals surface area contributed by atoms with Crippen molar-refractivity contribution in [1.82, 2.24) is 4.90 Å². The summed E-state index contributed by atoms with van der Waals surface area (Å²) in [6, 6.07) is 7.33. The molecule has 0 aromatic heterocycles. The Kier molecular flexibility index (Phi) is 5.68. The van der Waals surface area contributed by atoms with E-state index in [2.05, 4.69) is 0 Å². The molecule has 0 spiro atoms. The average molecular weight is 391 g/mol. The Balaban J connectivity index is 1.71. The number of piperazine rings is 1. The molecule has 1 saturated heterocycles. The van der Waals surface area contributed by atoms with Gasteiger partial charge in [-0.05, 0) is 31.2 Å². The molecule has 148 valence electrons. The molecule has 2 aromatic carbocycles. The Bertz CT molecular complexity index is 912. The maximum absolute atomic E-state index is 14.3. The molecule has 1 heterocycles. The number of benzene rings is 2. The van der Waals surface area contributed by atoms with Crippen LogP contribution >= 0.6 is 0 Å². The highest BCUT2D eigenvalue weighted by atomic mass is 19.1. The molecule has 9 heteroatoms. The molecule has 0 bridgehead atoms. The third kappa shape index (κ3) is 4.01. The largest absolute Gasteiger partial charge is 0.595 e. The maximum Gasteiger partial charge on any atom is 0.257 e. The second kappa shape index (κ2) is 8.01. The lowest BCUT2D eigenvalue weighted by atomic mass is 10.1. The van der Waals surface area contributed by atoms with Gasteiger partial charge in [0.15, 0.2) is 11.5 Å². The standard InChI is InChI=1S/C19H19F2N3O4/c1-12(25)13-2-5-18(17(21)10-13)22-6-8-23(9-7-22)19(26)15-11-14(24(27)28)3-4-16(15)20/h2-5,10-11,24,27H,6-9H2,1H3. The van der Waals surface area contributed by atoms with Crippen LogP contribution in [0.25, 0.3) is 0 Å². The number of nitrogens with zero attached hydrogens (tertiary/aromatic N) is 2. The number of anilines is 1. The topological polar surface area (TPSA) is 88.4 Å². The molecule has 1 fully saturated rings. The van der Waals surface area contributed by atoms with Crippen molar-refractivity contribution in [3.8, 4) is 0 Å². The van der Waals surface area contributed by atoms with Gasteiger partial charge in [0.1, 0.15) is 11.6 Å². The molecule has 0 saturated carbocycles. The monoisotopic (exact) mass is 391 g/mol. The van der Waals surface area contributed by atoms with Gasteiger partial charge in [0.25, 0.3) is 5.91 Å². The fourth-order valence-electron chi connectivity index (χ4n) is 3.13. The van der Waals surface area contributed by atoms with Crippen LogP contribution in [0.15, 0.2) is 36.4 Å². The summed E-state index contributed by atoms with van der Waals surface area (Å²) in [7, 11) is 0. The van der Waals surface area contributed by atoms with E-state index in [1.807, 2.05) is 0 Å². The number of quaternary nitrogens is 1. The average Bonchev–Trinajstić information content (AvgIpc) is 2.67.